The Labute approximate surface area is 149 Å². The van der Waals surface area contributed by atoms with Crippen molar-refractivity contribution >= 4 is 6.21 Å². The largest absolute Gasteiger partial charge is 0.494 e. The first kappa shape index (κ1) is 21.2. The predicted octanol–water partition coefficient (Wildman–Crippen LogP) is 0.556. The fraction of sp³-hybridized carbons (Fsp3) is 0.722. The third-order valence-electron chi connectivity index (χ3n) is 4.48. The molecule has 0 bridgehead atoms. The molecule has 0 aliphatic rings. The molecule has 142 valence electrons. The van der Waals surface area contributed by atoms with Crippen LogP contribution in [0.15, 0.2) is 14.6 Å². The van der Waals surface area contributed by atoms with E-state index in [2.05, 4.69) is 30.7 Å². The predicted molar refractivity (Wildman–Crippen MR) is 101 cm³/mol. The molecule has 0 saturated carbocycles. The van der Waals surface area contributed by atoms with Gasteiger partial charge in [-0.15, -0.1) is 0 Å². The second-order valence-corrected chi connectivity index (χ2v) is 6.30. The quantitative estimate of drug-likeness (QED) is 0.379. The number of nitrogens with zero attached hydrogens (tertiary/aromatic N) is 2. The molecule has 1 aromatic heterocycles. The Balaban J connectivity index is 2.74. The van der Waals surface area contributed by atoms with Gasteiger partial charge < -0.3 is 10.0 Å². The van der Waals surface area contributed by atoms with Gasteiger partial charge in [-0.1, -0.05) is 26.2 Å². The highest BCUT2D eigenvalue weighted by Crippen LogP contribution is 2.10. The number of aromatic amines is 1. The molecule has 7 heteroatoms. The van der Waals surface area contributed by atoms with Crippen LogP contribution in [0, 0.1) is 0 Å². The molecule has 0 amide bonds. The maximum atomic E-state index is 11.9. The zero-order valence-corrected chi connectivity index (χ0v) is 15.8. The van der Waals surface area contributed by atoms with Gasteiger partial charge in [0.05, 0.1) is 19.6 Å². The van der Waals surface area contributed by atoms with Crippen LogP contribution in [0.5, 0.6) is 5.88 Å². The number of aliphatic imine (C=N–C) groups is 1. The Bertz CT molecular complexity index is 645. The van der Waals surface area contributed by atoms with E-state index in [0.29, 0.717) is 13.1 Å². The minimum absolute atomic E-state index is 0.0604. The number of nitrogens with one attached hydrogen (secondary N) is 2. The van der Waals surface area contributed by atoms with Crippen molar-refractivity contribution in [1.29, 1.82) is 0 Å². The lowest BCUT2D eigenvalue weighted by atomic mass is 10.2. The molecule has 0 aliphatic carbocycles. The van der Waals surface area contributed by atoms with E-state index in [-0.39, 0.29) is 11.4 Å². The van der Waals surface area contributed by atoms with Gasteiger partial charge in [-0.25, -0.2) is 4.79 Å². The van der Waals surface area contributed by atoms with Gasteiger partial charge in [0.2, 0.25) is 5.88 Å². The molecule has 25 heavy (non-hydrogen) atoms. The number of quaternary nitrogens is 1. The number of H-pyrrole nitrogens is 1. The maximum absolute atomic E-state index is 11.9. The molecule has 0 spiro atoms. The number of rotatable bonds is 12. The SMILES string of the molecule is CCCCCCn1c(O)c(C=NCCC[NH+](CC)CC)c(=O)[nH]c1=O. The van der Waals surface area contributed by atoms with Crippen LogP contribution >= 0.6 is 0 Å². The summed E-state index contributed by atoms with van der Waals surface area (Å²) in [7, 11) is 0. The second-order valence-electron chi connectivity index (χ2n) is 6.30. The topological polar surface area (TPSA) is 91.9 Å². The van der Waals surface area contributed by atoms with Crippen molar-refractivity contribution < 1.29 is 10.0 Å². The highest BCUT2D eigenvalue weighted by atomic mass is 16.3. The lowest BCUT2D eigenvalue weighted by molar-refractivity contribution is -0.896. The standard InChI is InChI=1S/C18H32N4O3/c1-4-7-8-9-13-22-17(24)15(16(23)20-18(22)25)14-19-11-10-12-21(5-2)6-3/h14,24H,4-13H2,1-3H3,(H,20,23,25)/p+1. The molecular weight excluding hydrogens is 320 g/mol. The van der Waals surface area contributed by atoms with E-state index in [1.807, 2.05) is 0 Å². The summed E-state index contributed by atoms with van der Waals surface area (Å²) in [5, 5.41) is 10.3. The van der Waals surface area contributed by atoms with E-state index in [9.17, 15) is 14.7 Å². The van der Waals surface area contributed by atoms with Crippen LogP contribution in [0.25, 0.3) is 0 Å². The third-order valence-corrected chi connectivity index (χ3v) is 4.48. The van der Waals surface area contributed by atoms with Crippen LogP contribution in [-0.2, 0) is 6.54 Å². The fourth-order valence-corrected chi connectivity index (χ4v) is 2.78. The van der Waals surface area contributed by atoms with E-state index in [1.165, 1.54) is 15.7 Å². The Hall–Kier alpha value is -1.89. The van der Waals surface area contributed by atoms with Gasteiger partial charge in [0.1, 0.15) is 5.56 Å². The molecule has 3 N–H and O–H groups in total. The lowest BCUT2D eigenvalue weighted by Gasteiger charge is -2.14. The minimum Gasteiger partial charge on any atom is -0.494 e. The summed E-state index contributed by atoms with van der Waals surface area (Å²) in [5.41, 5.74) is -1.10. The van der Waals surface area contributed by atoms with Crippen LogP contribution < -0.4 is 16.1 Å². The monoisotopic (exact) mass is 353 g/mol. The average Bonchev–Trinajstić information content (AvgIpc) is 2.59. The van der Waals surface area contributed by atoms with Crippen LogP contribution in [0.2, 0.25) is 0 Å². The first-order valence-electron chi connectivity index (χ1n) is 9.44. The van der Waals surface area contributed by atoms with Crippen LogP contribution in [0.3, 0.4) is 0 Å². The van der Waals surface area contributed by atoms with Crippen LogP contribution in [-0.4, -0.2) is 47.1 Å². The summed E-state index contributed by atoms with van der Waals surface area (Å²) >= 11 is 0. The molecule has 1 rings (SSSR count). The van der Waals surface area contributed by atoms with Crippen molar-refractivity contribution in [3.63, 3.8) is 0 Å². The normalized spacial score (nSPS) is 11.7. The molecule has 1 aromatic rings. The van der Waals surface area contributed by atoms with E-state index in [1.54, 1.807) is 0 Å². The molecule has 0 atom stereocenters. The molecule has 0 aliphatic heterocycles. The summed E-state index contributed by atoms with van der Waals surface area (Å²) in [6, 6.07) is 0. The van der Waals surface area contributed by atoms with Gasteiger partial charge in [0.15, 0.2) is 0 Å². The maximum Gasteiger partial charge on any atom is 0.331 e. The van der Waals surface area contributed by atoms with Gasteiger partial charge in [0, 0.05) is 25.7 Å². The molecule has 0 aromatic carbocycles. The minimum atomic E-state index is -0.592. The summed E-state index contributed by atoms with van der Waals surface area (Å²) < 4.78 is 1.22. The summed E-state index contributed by atoms with van der Waals surface area (Å²) in [6.45, 7) is 10.6. The number of aromatic hydroxyl groups is 1. The Morgan fingerprint density at radius 2 is 1.84 bits per heavy atom. The van der Waals surface area contributed by atoms with E-state index < -0.39 is 11.2 Å². The summed E-state index contributed by atoms with van der Waals surface area (Å²) in [6.07, 6.45) is 6.26. The molecule has 1 heterocycles. The zero-order chi connectivity index (χ0) is 18.7. The smallest absolute Gasteiger partial charge is 0.331 e. The van der Waals surface area contributed by atoms with Crippen molar-refractivity contribution in [2.75, 3.05) is 26.2 Å². The number of hydrogen-bond acceptors (Lipinski definition) is 4. The third kappa shape index (κ3) is 6.86. The Morgan fingerprint density at radius 3 is 2.48 bits per heavy atom. The first-order chi connectivity index (χ1) is 12.0. The molecule has 7 nitrogen and oxygen atoms in total. The van der Waals surface area contributed by atoms with Gasteiger partial charge in [-0.05, 0) is 20.3 Å². The van der Waals surface area contributed by atoms with Crippen molar-refractivity contribution in [2.24, 2.45) is 4.99 Å². The van der Waals surface area contributed by atoms with E-state index in [0.717, 1.165) is 51.7 Å². The van der Waals surface area contributed by atoms with Gasteiger partial charge in [-0.3, -0.25) is 19.3 Å². The lowest BCUT2D eigenvalue weighted by Crippen LogP contribution is -3.11. The van der Waals surface area contributed by atoms with Gasteiger partial charge in [-0.2, -0.15) is 0 Å². The van der Waals surface area contributed by atoms with Crippen molar-refractivity contribution in [2.45, 2.75) is 59.4 Å². The van der Waals surface area contributed by atoms with Crippen LogP contribution in [0.4, 0.5) is 0 Å². The molecule has 0 saturated heterocycles. The highest BCUT2D eigenvalue weighted by Gasteiger charge is 2.12. The van der Waals surface area contributed by atoms with Crippen molar-refractivity contribution in [1.82, 2.24) is 9.55 Å². The van der Waals surface area contributed by atoms with Crippen LogP contribution in [0.1, 0.15) is 58.4 Å². The summed E-state index contributed by atoms with van der Waals surface area (Å²) in [4.78, 5) is 31.8. The number of hydrogen-bond donors (Lipinski definition) is 3. The highest BCUT2D eigenvalue weighted by molar-refractivity contribution is 5.81. The van der Waals surface area contributed by atoms with Gasteiger partial charge in [0.25, 0.3) is 5.56 Å². The Morgan fingerprint density at radius 1 is 1.12 bits per heavy atom. The van der Waals surface area contributed by atoms with E-state index in [4.69, 9.17) is 0 Å². The first-order valence-corrected chi connectivity index (χ1v) is 9.44. The van der Waals surface area contributed by atoms with Gasteiger partial charge >= 0.3 is 5.69 Å². The van der Waals surface area contributed by atoms with Crippen molar-refractivity contribution in [3.05, 3.63) is 26.4 Å². The Kier molecular flexibility index (Phi) is 9.84. The van der Waals surface area contributed by atoms with E-state index >= 15 is 0 Å². The zero-order valence-electron chi connectivity index (χ0n) is 15.8. The molecular formula is C18H33N4O3+. The second kappa shape index (κ2) is 11.6. The molecule has 0 unspecified atom stereocenters. The average molecular weight is 353 g/mol. The molecule has 0 radical (unpaired) electrons. The summed E-state index contributed by atoms with van der Waals surface area (Å²) in [5.74, 6) is -0.289. The van der Waals surface area contributed by atoms with Crippen molar-refractivity contribution in [3.8, 4) is 5.88 Å². The fourth-order valence-electron chi connectivity index (χ4n) is 2.78. The number of aromatic nitrogens is 2. The molecule has 0 fully saturated rings. The number of unbranched alkanes of at least 4 members (excludes halogenated alkanes) is 3.